The Bertz CT molecular complexity index is 1360. The number of anilines is 1. The Kier molecular flexibility index (Phi) is 5.31. The molecule has 0 aliphatic rings. The number of amides is 1. The van der Waals surface area contributed by atoms with Crippen molar-refractivity contribution in [2.45, 2.75) is 0 Å². The van der Waals surface area contributed by atoms with Gasteiger partial charge >= 0.3 is 5.63 Å². The van der Waals surface area contributed by atoms with Crippen molar-refractivity contribution < 1.29 is 14.1 Å². The molecular weight excluding hydrogens is 400 g/mol. The first-order valence-corrected chi connectivity index (χ1v) is 9.10. The number of carbonyl (C=O) groups is 1. The predicted octanol–water partition coefficient (Wildman–Crippen LogP) is 5.37. The zero-order chi connectivity index (χ0) is 21.8. The average Bonchev–Trinajstić information content (AvgIpc) is 2.78. The van der Waals surface area contributed by atoms with E-state index >= 15 is 0 Å². The van der Waals surface area contributed by atoms with Gasteiger partial charge in [0.25, 0.3) is 11.6 Å². The van der Waals surface area contributed by atoms with E-state index in [0.29, 0.717) is 28.0 Å². The summed E-state index contributed by atoms with van der Waals surface area (Å²) in [7, 11) is 0. The van der Waals surface area contributed by atoms with Crippen LogP contribution >= 0.6 is 0 Å². The van der Waals surface area contributed by atoms with E-state index in [-0.39, 0.29) is 11.3 Å². The van der Waals surface area contributed by atoms with Crippen LogP contribution < -0.4 is 10.9 Å². The number of nitro benzene ring substituents is 1. The molecule has 1 aromatic heterocycles. The van der Waals surface area contributed by atoms with E-state index in [1.807, 2.05) is 0 Å². The number of carbonyl (C=O) groups excluding carboxylic acids is 1. The molecule has 0 unspecified atom stereocenters. The highest BCUT2D eigenvalue weighted by Crippen LogP contribution is 2.22. The highest BCUT2D eigenvalue weighted by atomic mass is 16.6. The third-order valence-electron chi connectivity index (χ3n) is 4.35. The Morgan fingerprint density at radius 2 is 1.52 bits per heavy atom. The number of fused-ring (bicyclic) bond motifs is 1. The largest absolute Gasteiger partial charge is 0.422 e. The summed E-state index contributed by atoms with van der Waals surface area (Å²) in [5.74, 6) is -0.584. The first kappa shape index (κ1) is 19.6. The number of hydrogen-bond donors (Lipinski definition) is 1. The first-order valence-electron chi connectivity index (χ1n) is 9.10. The number of rotatable bonds is 5. The molecule has 152 valence electrons. The van der Waals surface area contributed by atoms with Gasteiger partial charge in [0.1, 0.15) is 11.1 Å². The van der Waals surface area contributed by atoms with Crippen LogP contribution in [0.15, 0.2) is 98.3 Å². The number of nitrogens with zero attached hydrogens (tertiary/aromatic N) is 3. The van der Waals surface area contributed by atoms with E-state index in [1.54, 1.807) is 48.5 Å². The normalized spacial score (nSPS) is 11.0. The maximum Gasteiger partial charge on any atom is 0.349 e. The van der Waals surface area contributed by atoms with Crippen molar-refractivity contribution in [3.8, 4) is 0 Å². The van der Waals surface area contributed by atoms with Gasteiger partial charge in [-0.3, -0.25) is 14.9 Å². The van der Waals surface area contributed by atoms with Crippen molar-refractivity contribution in [3.63, 3.8) is 0 Å². The minimum Gasteiger partial charge on any atom is -0.422 e. The van der Waals surface area contributed by atoms with Gasteiger partial charge in [0, 0.05) is 23.2 Å². The lowest BCUT2D eigenvalue weighted by atomic mass is 10.1. The van der Waals surface area contributed by atoms with Crippen LogP contribution in [0.5, 0.6) is 0 Å². The lowest BCUT2D eigenvalue weighted by Gasteiger charge is -2.05. The van der Waals surface area contributed by atoms with Crippen LogP contribution in [0.3, 0.4) is 0 Å². The molecule has 0 saturated carbocycles. The van der Waals surface area contributed by atoms with Gasteiger partial charge in [-0.25, -0.2) is 4.79 Å². The van der Waals surface area contributed by atoms with Gasteiger partial charge < -0.3 is 9.73 Å². The van der Waals surface area contributed by atoms with Crippen molar-refractivity contribution in [1.82, 2.24) is 0 Å². The SMILES string of the molecule is O=C(Nc1ccc(N=Nc2ccc([N+](=O)[O-])cc2)cc1)c1cc2ccccc2oc1=O. The van der Waals surface area contributed by atoms with Crippen LogP contribution in [0, 0.1) is 10.1 Å². The van der Waals surface area contributed by atoms with Gasteiger partial charge in [0.15, 0.2) is 0 Å². The Labute approximate surface area is 174 Å². The van der Waals surface area contributed by atoms with Crippen LogP contribution in [0.1, 0.15) is 10.4 Å². The Hall–Kier alpha value is -4.66. The van der Waals surface area contributed by atoms with Gasteiger partial charge in [0.05, 0.1) is 16.3 Å². The Balaban J connectivity index is 1.46. The number of hydrogen-bond acceptors (Lipinski definition) is 7. The number of nitro groups is 1. The van der Waals surface area contributed by atoms with E-state index in [0.717, 1.165) is 0 Å². The first-order chi connectivity index (χ1) is 15.0. The van der Waals surface area contributed by atoms with Crippen LogP contribution in [-0.4, -0.2) is 10.8 Å². The molecule has 1 heterocycles. The number of para-hydroxylation sites is 1. The fraction of sp³-hybridized carbons (Fsp3) is 0. The van der Waals surface area contributed by atoms with Crippen LogP contribution in [-0.2, 0) is 0 Å². The molecule has 31 heavy (non-hydrogen) atoms. The van der Waals surface area contributed by atoms with Crippen molar-refractivity contribution in [2.24, 2.45) is 10.2 Å². The van der Waals surface area contributed by atoms with Crippen LogP contribution in [0.25, 0.3) is 11.0 Å². The van der Waals surface area contributed by atoms with Crippen LogP contribution in [0.2, 0.25) is 0 Å². The second-order valence-electron chi connectivity index (χ2n) is 6.46. The molecule has 0 aliphatic heterocycles. The molecule has 3 aromatic carbocycles. The van der Waals surface area contributed by atoms with Crippen molar-refractivity contribution >= 4 is 39.6 Å². The van der Waals surface area contributed by atoms with Crippen molar-refractivity contribution in [1.29, 1.82) is 0 Å². The molecular formula is C22H14N4O5. The number of benzene rings is 3. The molecule has 1 amide bonds. The molecule has 0 fully saturated rings. The lowest BCUT2D eigenvalue weighted by molar-refractivity contribution is -0.384. The molecule has 4 aromatic rings. The highest BCUT2D eigenvalue weighted by Gasteiger charge is 2.14. The molecule has 4 rings (SSSR count). The summed E-state index contributed by atoms with van der Waals surface area (Å²) in [4.78, 5) is 34.8. The second kappa shape index (κ2) is 8.37. The fourth-order valence-corrected chi connectivity index (χ4v) is 2.79. The maximum absolute atomic E-state index is 12.5. The molecule has 9 nitrogen and oxygen atoms in total. The average molecular weight is 414 g/mol. The van der Waals surface area contributed by atoms with Gasteiger partial charge in [-0.15, -0.1) is 0 Å². The summed E-state index contributed by atoms with van der Waals surface area (Å²) in [6.45, 7) is 0. The van der Waals surface area contributed by atoms with Gasteiger partial charge in [0.2, 0.25) is 0 Å². The lowest BCUT2D eigenvalue weighted by Crippen LogP contribution is -2.20. The van der Waals surface area contributed by atoms with Gasteiger partial charge in [-0.05, 0) is 48.5 Å². The minimum absolute atomic E-state index is 0.0282. The molecule has 0 saturated heterocycles. The standard InChI is InChI=1S/C22H14N4O5/c27-21(19-13-14-3-1-2-4-20(14)31-22(19)28)23-15-5-7-16(8-6-15)24-25-17-9-11-18(12-10-17)26(29)30/h1-13H,(H,23,27). The van der Waals surface area contributed by atoms with E-state index < -0.39 is 16.5 Å². The monoisotopic (exact) mass is 414 g/mol. The summed E-state index contributed by atoms with van der Waals surface area (Å²) in [5, 5.41) is 22.0. The predicted molar refractivity (Wildman–Crippen MR) is 114 cm³/mol. The fourth-order valence-electron chi connectivity index (χ4n) is 2.79. The van der Waals surface area contributed by atoms with E-state index in [1.165, 1.54) is 30.3 Å². The maximum atomic E-state index is 12.5. The van der Waals surface area contributed by atoms with E-state index in [4.69, 9.17) is 4.42 Å². The summed E-state index contributed by atoms with van der Waals surface area (Å²) in [5.41, 5.74) is 1.01. The summed E-state index contributed by atoms with van der Waals surface area (Å²) in [6, 6.07) is 20.6. The molecule has 0 spiro atoms. The third-order valence-corrected chi connectivity index (χ3v) is 4.35. The number of nitrogens with one attached hydrogen (secondary N) is 1. The smallest absolute Gasteiger partial charge is 0.349 e. The highest BCUT2D eigenvalue weighted by molar-refractivity contribution is 6.05. The zero-order valence-corrected chi connectivity index (χ0v) is 15.9. The second-order valence-corrected chi connectivity index (χ2v) is 6.46. The molecule has 1 N–H and O–H groups in total. The molecule has 0 bridgehead atoms. The number of non-ortho nitro benzene ring substituents is 1. The summed E-state index contributed by atoms with van der Waals surface area (Å²) in [6.07, 6.45) is 0. The van der Waals surface area contributed by atoms with E-state index in [2.05, 4.69) is 15.5 Å². The molecule has 0 atom stereocenters. The minimum atomic E-state index is -0.718. The molecule has 0 aliphatic carbocycles. The van der Waals surface area contributed by atoms with Crippen molar-refractivity contribution in [3.05, 3.63) is 105 Å². The summed E-state index contributed by atoms with van der Waals surface area (Å²) >= 11 is 0. The Morgan fingerprint density at radius 3 is 2.16 bits per heavy atom. The van der Waals surface area contributed by atoms with Gasteiger partial charge in [-0.1, -0.05) is 18.2 Å². The zero-order valence-electron chi connectivity index (χ0n) is 15.9. The number of azo groups is 1. The Morgan fingerprint density at radius 1 is 0.903 bits per heavy atom. The quantitative estimate of drug-likeness (QED) is 0.203. The van der Waals surface area contributed by atoms with Crippen molar-refractivity contribution in [2.75, 3.05) is 5.32 Å². The van der Waals surface area contributed by atoms with Crippen LogP contribution in [0.4, 0.5) is 22.7 Å². The third kappa shape index (κ3) is 4.51. The van der Waals surface area contributed by atoms with Gasteiger partial charge in [-0.2, -0.15) is 10.2 Å². The summed E-state index contributed by atoms with van der Waals surface area (Å²) < 4.78 is 5.18. The molecule has 0 radical (unpaired) electrons. The van der Waals surface area contributed by atoms with E-state index in [9.17, 15) is 19.7 Å². The molecule has 9 heteroatoms. The topological polar surface area (TPSA) is 127 Å².